The number of hydrogen-bond acceptors (Lipinski definition) is 0. The van der Waals surface area contributed by atoms with E-state index in [1.807, 2.05) is 0 Å². The predicted octanol–water partition coefficient (Wildman–Crippen LogP) is 19.9. The van der Waals surface area contributed by atoms with E-state index in [1.54, 1.807) is 0 Å². The monoisotopic (exact) mass is 1010 g/mol. The van der Waals surface area contributed by atoms with Crippen molar-refractivity contribution < 1.29 is 13.0 Å². The van der Waals surface area contributed by atoms with Crippen LogP contribution in [0.25, 0.3) is 0 Å². The minimum atomic E-state index is -3.13. The Balaban J connectivity index is 6.80. The molecule has 0 aromatic carbocycles. The SMILES string of the molecule is CCCCCCCC[PH](CCCCCCCC)(CCCCCCCC)[Pt]([Cl])([Cl])[PH](CCCCCCCC)(CCCCCCCC)CCCCCCCC. The van der Waals surface area contributed by atoms with E-state index in [0.29, 0.717) is 0 Å². The van der Waals surface area contributed by atoms with Crippen molar-refractivity contribution in [3.05, 3.63) is 0 Å². The Hall–Kier alpha value is 2.13. The van der Waals surface area contributed by atoms with Crippen LogP contribution in [0.4, 0.5) is 0 Å². The van der Waals surface area contributed by atoms with Crippen molar-refractivity contribution in [1.82, 2.24) is 0 Å². The van der Waals surface area contributed by atoms with E-state index in [4.69, 9.17) is 18.8 Å². The molecule has 0 aromatic rings. The van der Waals surface area contributed by atoms with Crippen molar-refractivity contribution in [2.75, 3.05) is 37.0 Å². The molecule has 0 unspecified atom stereocenters. The zero-order valence-corrected chi connectivity index (χ0v) is 43.6. The summed E-state index contributed by atoms with van der Waals surface area (Å²) in [7, 11) is 17.7. The van der Waals surface area contributed by atoms with Gasteiger partial charge in [0.15, 0.2) is 0 Å². The zero-order chi connectivity index (χ0) is 39.2. The Morgan fingerprint density at radius 1 is 0.226 bits per heavy atom. The molecule has 0 nitrogen and oxygen atoms in total. The van der Waals surface area contributed by atoms with Crippen LogP contribution in [0.1, 0.15) is 273 Å². The summed E-state index contributed by atoms with van der Waals surface area (Å²) in [5.74, 6) is 0. The molecule has 0 rings (SSSR count). The third kappa shape index (κ3) is 26.8. The quantitative estimate of drug-likeness (QED) is 0.0421. The van der Waals surface area contributed by atoms with Crippen molar-refractivity contribution in [1.29, 1.82) is 0 Å². The summed E-state index contributed by atoms with van der Waals surface area (Å²) in [5.41, 5.74) is 0. The van der Waals surface area contributed by atoms with Gasteiger partial charge in [0.1, 0.15) is 0 Å². The number of rotatable bonds is 44. The summed E-state index contributed by atoms with van der Waals surface area (Å²) in [4.78, 5) is 0. The molecule has 0 atom stereocenters. The molecule has 0 aliphatic rings. The molecule has 0 aliphatic heterocycles. The van der Waals surface area contributed by atoms with Gasteiger partial charge in [0, 0.05) is 0 Å². The molecule has 0 heterocycles. The molecular formula is C48H104Cl2P2Pt. The average Bonchev–Trinajstić information content (AvgIpc) is 3.15. The van der Waals surface area contributed by atoms with E-state index >= 15 is 0 Å². The maximum atomic E-state index is 8.83. The van der Waals surface area contributed by atoms with Gasteiger partial charge in [-0.3, -0.25) is 0 Å². The fraction of sp³-hybridized carbons (Fsp3) is 1.00. The fourth-order valence-electron chi connectivity index (χ4n) is 8.97. The van der Waals surface area contributed by atoms with Gasteiger partial charge in [-0.05, 0) is 0 Å². The van der Waals surface area contributed by atoms with Crippen LogP contribution in [0, 0.1) is 0 Å². The Bertz CT molecular complexity index is 593. The molecule has 0 radical (unpaired) electrons. The normalized spacial score (nSPS) is 13.6. The van der Waals surface area contributed by atoms with Crippen LogP contribution in [0.15, 0.2) is 0 Å². The first-order chi connectivity index (χ1) is 25.9. The molecule has 0 fully saturated rings. The van der Waals surface area contributed by atoms with Crippen LogP contribution in [0.5, 0.6) is 0 Å². The van der Waals surface area contributed by atoms with Crippen molar-refractivity contribution in [3.8, 4) is 0 Å². The standard InChI is InChI=1S/2C24H51P.2ClH.Pt/c2*1-4-7-10-13-16-19-22-25(23-20-17-14-11-8-5-2)24-21-18-15-12-9-6-3;;;/h2*4-24H2,1-3H3;2*1H;. The molecule has 0 N–H and O–H groups in total. The maximum absolute atomic E-state index is 8.83. The first kappa shape index (κ1) is 55.1. The van der Waals surface area contributed by atoms with Crippen LogP contribution in [-0.2, 0) is 13.0 Å². The number of unbranched alkanes of at least 4 members (excludes halogenated alkanes) is 30. The van der Waals surface area contributed by atoms with E-state index in [9.17, 15) is 0 Å². The van der Waals surface area contributed by atoms with Gasteiger partial charge in [0.25, 0.3) is 0 Å². The minimum absolute atomic E-state index is 1.35. The third-order valence-electron chi connectivity index (χ3n) is 12.6. The molecule has 53 heavy (non-hydrogen) atoms. The van der Waals surface area contributed by atoms with Gasteiger partial charge in [0.05, 0.1) is 0 Å². The summed E-state index contributed by atoms with van der Waals surface area (Å²) in [6, 6.07) is 0. The predicted molar refractivity (Wildman–Crippen MR) is 258 cm³/mol. The van der Waals surface area contributed by atoms with Crippen molar-refractivity contribution in [2.24, 2.45) is 0 Å². The van der Waals surface area contributed by atoms with Crippen LogP contribution in [0.2, 0.25) is 0 Å². The summed E-state index contributed by atoms with van der Waals surface area (Å²) < 4.78 is 0. The molecule has 0 saturated carbocycles. The Kier molecular flexibility index (Phi) is 41.2. The van der Waals surface area contributed by atoms with Gasteiger partial charge in [-0.15, -0.1) is 0 Å². The molecule has 0 aromatic heterocycles. The molecule has 330 valence electrons. The summed E-state index contributed by atoms with van der Waals surface area (Å²) >= 11 is -3.13. The van der Waals surface area contributed by atoms with Gasteiger partial charge < -0.3 is 0 Å². The van der Waals surface area contributed by atoms with E-state index < -0.39 is 23.7 Å². The second-order valence-electron chi connectivity index (χ2n) is 17.6. The summed E-state index contributed by atoms with van der Waals surface area (Å²) in [6.07, 6.45) is 60.1. The van der Waals surface area contributed by atoms with Crippen molar-refractivity contribution in [3.63, 3.8) is 0 Å². The van der Waals surface area contributed by atoms with E-state index in [-0.39, 0.29) is 0 Å². The zero-order valence-electron chi connectivity index (χ0n) is 37.8. The summed E-state index contributed by atoms with van der Waals surface area (Å²) in [6.45, 7) is 14.2. The van der Waals surface area contributed by atoms with Gasteiger partial charge in [-0.2, -0.15) is 0 Å². The fourth-order valence-corrected chi connectivity index (χ4v) is 92.0. The Labute approximate surface area is 349 Å². The van der Waals surface area contributed by atoms with Crippen LogP contribution in [-0.4, -0.2) is 37.0 Å². The first-order valence-electron chi connectivity index (χ1n) is 24.9. The topological polar surface area (TPSA) is 0 Å². The van der Waals surface area contributed by atoms with E-state index in [1.165, 1.54) is 268 Å². The average molecular weight is 1010 g/mol. The van der Waals surface area contributed by atoms with Gasteiger partial charge in [0.2, 0.25) is 0 Å². The van der Waals surface area contributed by atoms with Gasteiger partial charge in [-0.1, -0.05) is 0 Å². The van der Waals surface area contributed by atoms with Crippen LogP contribution >= 0.6 is 29.5 Å². The Morgan fingerprint density at radius 3 is 0.509 bits per heavy atom. The number of hydrogen-bond donors (Lipinski definition) is 0. The first-order valence-corrected chi connectivity index (χ1v) is 42.2. The van der Waals surface area contributed by atoms with Crippen LogP contribution in [0.3, 0.4) is 0 Å². The van der Waals surface area contributed by atoms with Gasteiger partial charge >= 0.3 is 352 Å². The second-order valence-corrected chi connectivity index (χ2v) is 65.8. The molecule has 5 heteroatoms. The molecule has 0 spiro atoms. The summed E-state index contributed by atoms with van der Waals surface area (Å²) in [5, 5.41) is -3.67. The molecule has 0 amide bonds. The van der Waals surface area contributed by atoms with Crippen LogP contribution < -0.4 is 0 Å². The molecule has 0 saturated heterocycles. The number of halogens is 2. The van der Waals surface area contributed by atoms with Gasteiger partial charge in [-0.25, -0.2) is 0 Å². The van der Waals surface area contributed by atoms with Crippen molar-refractivity contribution >= 4 is 29.5 Å². The molecular weight excluding hydrogens is 904 g/mol. The van der Waals surface area contributed by atoms with E-state index in [0.717, 1.165) is 0 Å². The van der Waals surface area contributed by atoms with E-state index in [2.05, 4.69) is 41.5 Å². The Morgan fingerprint density at radius 2 is 0.358 bits per heavy atom. The second kappa shape index (κ2) is 39.6. The molecule has 0 aliphatic carbocycles. The molecule has 0 bridgehead atoms. The third-order valence-corrected chi connectivity index (χ3v) is 91.4. The van der Waals surface area contributed by atoms with Crippen molar-refractivity contribution in [2.45, 2.75) is 273 Å².